The highest BCUT2D eigenvalue weighted by molar-refractivity contribution is 7.25. The van der Waals surface area contributed by atoms with Crippen LogP contribution in [0.2, 0.25) is 0 Å². The average molecular weight is 683 g/mol. The van der Waals surface area contributed by atoms with Gasteiger partial charge < -0.3 is 13.6 Å². The zero-order chi connectivity index (χ0) is 33.9. The number of hydrogen-bond acceptors (Lipinski definition) is 4. The van der Waals surface area contributed by atoms with Crippen LogP contribution in [0.1, 0.15) is 0 Å². The molecular formula is C46H26N4OS. The van der Waals surface area contributed by atoms with Gasteiger partial charge in [-0.1, -0.05) is 91.0 Å². The van der Waals surface area contributed by atoms with Gasteiger partial charge in [-0.15, -0.1) is 11.3 Å². The summed E-state index contributed by atoms with van der Waals surface area (Å²) in [5, 5.41) is 8.14. The van der Waals surface area contributed by atoms with E-state index in [9.17, 15) is 0 Å². The first kappa shape index (κ1) is 28.0. The molecule has 52 heavy (non-hydrogen) atoms. The molecule has 5 nitrogen and oxygen atoms in total. The summed E-state index contributed by atoms with van der Waals surface area (Å²) < 4.78 is 13.7. The Morgan fingerprint density at radius 3 is 1.71 bits per heavy atom. The largest absolute Gasteiger partial charge is 0.454 e. The Labute approximate surface area is 300 Å². The van der Waals surface area contributed by atoms with Crippen LogP contribution in [0, 0.1) is 0 Å². The molecular weight excluding hydrogens is 657 g/mol. The standard InChI is InChI=1S/C46H26N4OS/c1-6-16-36-28(11-1)29-12-2-7-17-37(29)49(36)27-21-24-41-35(25-27)43-42(52-41)26-47-46(48-43)34-23-22-33-32-15-5-10-20-40(32)51-45(33)44(34)50-38-18-8-3-13-30(38)31-14-4-9-19-39(31)50/h1-26H. The Morgan fingerprint density at radius 1 is 0.481 bits per heavy atom. The molecule has 0 radical (unpaired) electrons. The molecule has 6 heteroatoms. The fraction of sp³-hybridized carbons (Fsp3) is 0. The molecule has 5 heterocycles. The molecule has 12 rings (SSSR count). The number of rotatable bonds is 3. The van der Waals surface area contributed by atoms with Crippen molar-refractivity contribution in [2.24, 2.45) is 0 Å². The first-order valence-electron chi connectivity index (χ1n) is 17.4. The Balaban J connectivity index is 1.15. The average Bonchev–Trinajstić information content (AvgIpc) is 3.95. The first-order valence-corrected chi connectivity index (χ1v) is 18.2. The second kappa shape index (κ2) is 10.4. The maximum atomic E-state index is 6.76. The highest BCUT2D eigenvalue weighted by Crippen LogP contribution is 2.43. The zero-order valence-electron chi connectivity index (χ0n) is 27.6. The van der Waals surface area contributed by atoms with E-state index in [-0.39, 0.29) is 0 Å². The van der Waals surface area contributed by atoms with Crippen LogP contribution in [0.5, 0.6) is 0 Å². The molecule has 0 atom stereocenters. The van der Waals surface area contributed by atoms with Crippen molar-refractivity contribution >= 4 is 97.2 Å². The van der Waals surface area contributed by atoms with E-state index in [4.69, 9.17) is 14.4 Å². The maximum absolute atomic E-state index is 6.76. The smallest absolute Gasteiger partial charge is 0.162 e. The Morgan fingerprint density at radius 2 is 1.06 bits per heavy atom. The third-order valence-electron chi connectivity index (χ3n) is 10.6. The van der Waals surface area contributed by atoms with Crippen LogP contribution in [0.3, 0.4) is 0 Å². The number of benzene rings is 7. The van der Waals surface area contributed by atoms with Gasteiger partial charge in [-0.05, 0) is 60.7 Å². The first-order chi connectivity index (χ1) is 25.8. The number of thiophene rings is 1. The van der Waals surface area contributed by atoms with E-state index >= 15 is 0 Å². The second-order valence-electron chi connectivity index (χ2n) is 13.4. The SMILES string of the molecule is c1ccc2c(c1)oc1c(-n3c4ccccc4c4ccccc43)c(-c3ncc4sc5ccc(-n6c7ccccc7c7ccccc76)cc5c4n3)ccc12. The fourth-order valence-electron chi connectivity index (χ4n) is 8.36. The molecule has 12 aromatic rings. The summed E-state index contributed by atoms with van der Waals surface area (Å²) in [5.74, 6) is 0.661. The lowest BCUT2D eigenvalue weighted by Gasteiger charge is -2.14. The summed E-state index contributed by atoms with van der Waals surface area (Å²) in [6, 6.07) is 53.8. The van der Waals surface area contributed by atoms with Gasteiger partial charge >= 0.3 is 0 Å². The van der Waals surface area contributed by atoms with Gasteiger partial charge in [0, 0.05) is 59.9 Å². The zero-order valence-corrected chi connectivity index (χ0v) is 28.4. The van der Waals surface area contributed by atoms with Gasteiger partial charge in [0.2, 0.25) is 0 Å². The molecule has 0 spiro atoms. The van der Waals surface area contributed by atoms with Crippen molar-refractivity contribution < 1.29 is 4.42 Å². The Hall–Kier alpha value is -6.76. The summed E-state index contributed by atoms with van der Waals surface area (Å²) in [6.07, 6.45) is 1.99. The van der Waals surface area contributed by atoms with E-state index in [1.54, 1.807) is 11.3 Å². The van der Waals surface area contributed by atoms with Crippen molar-refractivity contribution in [3.05, 3.63) is 158 Å². The highest BCUT2D eigenvalue weighted by Gasteiger charge is 2.23. The van der Waals surface area contributed by atoms with Gasteiger partial charge in [-0.3, -0.25) is 0 Å². The lowest BCUT2D eigenvalue weighted by Crippen LogP contribution is -2.00. The lowest BCUT2D eigenvalue weighted by atomic mass is 10.1. The number of para-hydroxylation sites is 5. The Kier molecular flexibility index (Phi) is 5.59. The minimum atomic E-state index is 0.661. The molecule has 0 saturated carbocycles. The minimum absolute atomic E-state index is 0.661. The number of aromatic nitrogens is 4. The number of nitrogens with zero attached hydrogens (tertiary/aromatic N) is 4. The topological polar surface area (TPSA) is 48.8 Å². The number of furan rings is 1. The van der Waals surface area contributed by atoms with Crippen molar-refractivity contribution in [1.82, 2.24) is 19.1 Å². The van der Waals surface area contributed by atoms with Crippen LogP contribution in [0.15, 0.2) is 162 Å². The second-order valence-corrected chi connectivity index (χ2v) is 14.4. The van der Waals surface area contributed by atoms with Crippen molar-refractivity contribution in [2.75, 3.05) is 0 Å². The van der Waals surface area contributed by atoms with E-state index < -0.39 is 0 Å². The van der Waals surface area contributed by atoms with Crippen molar-refractivity contribution in [3.8, 4) is 22.8 Å². The van der Waals surface area contributed by atoms with Crippen molar-refractivity contribution in [3.63, 3.8) is 0 Å². The molecule has 0 aliphatic rings. The third-order valence-corrected chi connectivity index (χ3v) is 11.7. The molecule has 242 valence electrons. The normalized spacial score (nSPS) is 12.2. The third kappa shape index (κ3) is 3.76. The number of fused-ring (bicyclic) bond motifs is 12. The minimum Gasteiger partial charge on any atom is -0.454 e. The van der Waals surface area contributed by atoms with Gasteiger partial charge in [0.05, 0.1) is 32.3 Å². The summed E-state index contributed by atoms with van der Waals surface area (Å²) in [4.78, 5) is 10.5. The predicted octanol–water partition coefficient (Wildman–Crippen LogP) is 12.6. The summed E-state index contributed by atoms with van der Waals surface area (Å²) in [7, 11) is 0. The van der Waals surface area contributed by atoms with Crippen LogP contribution in [-0.2, 0) is 0 Å². The van der Waals surface area contributed by atoms with Crippen LogP contribution < -0.4 is 0 Å². The quantitative estimate of drug-likeness (QED) is 0.186. The molecule has 0 N–H and O–H groups in total. The Bertz CT molecular complexity index is 3330. The van der Waals surface area contributed by atoms with E-state index in [1.807, 2.05) is 18.3 Å². The molecule has 0 amide bonds. The van der Waals surface area contributed by atoms with Crippen LogP contribution >= 0.6 is 11.3 Å². The molecule has 0 aliphatic heterocycles. The molecule has 0 unspecified atom stereocenters. The number of hydrogen-bond donors (Lipinski definition) is 0. The molecule has 0 bridgehead atoms. The van der Waals surface area contributed by atoms with Crippen LogP contribution in [-0.4, -0.2) is 19.1 Å². The summed E-state index contributed by atoms with van der Waals surface area (Å²) >= 11 is 1.73. The summed E-state index contributed by atoms with van der Waals surface area (Å²) in [5.41, 5.74) is 10.2. The lowest BCUT2D eigenvalue weighted by molar-refractivity contribution is 0.666. The monoisotopic (exact) mass is 682 g/mol. The molecule has 7 aromatic carbocycles. The fourth-order valence-corrected chi connectivity index (χ4v) is 9.36. The van der Waals surface area contributed by atoms with Gasteiger partial charge in [0.1, 0.15) is 11.3 Å². The summed E-state index contributed by atoms with van der Waals surface area (Å²) in [6.45, 7) is 0. The highest BCUT2D eigenvalue weighted by atomic mass is 32.1. The van der Waals surface area contributed by atoms with Gasteiger partial charge in [0.15, 0.2) is 11.4 Å². The molecule has 5 aromatic heterocycles. The van der Waals surface area contributed by atoms with Gasteiger partial charge in [0.25, 0.3) is 0 Å². The van der Waals surface area contributed by atoms with Crippen LogP contribution in [0.25, 0.3) is 109 Å². The predicted molar refractivity (Wildman–Crippen MR) is 216 cm³/mol. The van der Waals surface area contributed by atoms with Crippen LogP contribution in [0.4, 0.5) is 0 Å². The van der Waals surface area contributed by atoms with E-state index in [0.29, 0.717) is 5.82 Å². The van der Waals surface area contributed by atoms with E-state index in [2.05, 4.69) is 149 Å². The van der Waals surface area contributed by atoms with Crippen molar-refractivity contribution in [2.45, 2.75) is 0 Å². The maximum Gasteiger partial charge on any atom is 0.162 e. The van der Waals surface area contributed by atoms with Crippen molar-refractivity contribution in [1.29, 1.82) is 0 Å². The van der Waals surface area contributed by atoms with Gasteiger partial charge in [-0.2, -0.15) is 0 Å². The van der Waals surface area contributed by atoms with E-state index in [0.717, 1.165) is 65.5 Å². The molecule has 0 aliphatic carbocycles. The van der Waals surface area contributed by atoms with Gasteiger partial charge in [-0.25, -0.2) is 9.97 Å². The molecule has 0 fully saturated rings. The molecule has 0 saturated heterocycles. The van der Waals surface area contributed by atoms with E-state index in [1.165, 1.54) is 37.3 Å².